The molecule has 1 aliphatic carbocycles. The number of carbonyl (C=O) groups is 1. The largest absolute Gasteiger partial charge is 0.390 e. The Morgan fingerprint density at radius 2 is 2.28 bits per heavy atom. The summed E-state index contributed by atoms with van der Waals surface area (Å²) in [6.45, 7) is 5.40. The molecule has 2 aliphatic rings. The zero-order valence-corrected chi connectivity index (χ0v) is 11.5. The zero-order valence-electron chi connectivity index (χ0n) is 11.5. The molecule has 0 aromatic carbocycles. The van der Waals surface area contributed by atoms with Crippen LogP contribution in [0.5, 0.6) is 0 Å². The minimum absolute atomic E-state index is 0.0512. The van der Waals surface area contributed by atoms with Crippen LogP contribution in [-0.2, 0) is 4.79 Å². The maximum Gasteiger partial charge on any atom is 0.216 e. The first-order valence-corrected chi connectivity index (χ1v) is 7.29. The molecule has 0 aromatic heterocycles. The van der Waals surface area contributed by atoms with Crippen molar-refractivity contribution in [1.29, 1.82) is 0 Å². The van der Waals surface area contributed by atoms with Gasteiger partial charge in [-0.25, -0.2) is 0 Å². The van der Waals surface area contributed by atoms with Crippen molar-refractivity contribution in [2.24, 2.45) is 5.92 Å². The van der Waals surface area contributed by atoms with Crippen LogP contribution in [0.15, 0.2) is 0 Å². The highest BCUT2D eigenvalue weighted by Crippen LogP contribution is 2.39. The van der Waals surface area contributed by atoms with E-state index in [0.717, 1.165) is 45.4 Å². The average Bonchev–Trinajstić information content (AvgIpc) is 2.34. The van der Waals surface area contributed by atoms with E-state index < -0.39 is 0 Å². The minimum Gasteiger partial charge on any atom is -0.390 e. The highest BCUT2D eigenvalue weighted by atomic mass is 16.3. The second kappa shape index (κ2) is 6.02. The summed E-state index contributed by atoms with van der Waals surface area (Å²) in [6, 6.07) is 0. The molecule has 0 bridgehead atoms. The van der Waals surface area contributed by atoms with Gasteiger partial charge in [0.25, 0.3) is 0 Å². The van der Waals surface area contributed by atoms with E-state index in [-0.39, 0.29) is 11.5 Å². The molecule has 1 heterocycles. The fourth-order valence-corrected chi connectivity index (χ4v) is 3.41. The molecule has 0 radical (unpaired) electrons. The van der Waals surface area contributed by atoms with Crippen LogP contribution in [0.1, 0.15) is 45.4 Å². The molecule has 0 spiro atoms. The van der Waals surface area contributed by atoms with E-state index in [1.165, 1.54) is 19.3 Å². The number of piperidine rings is 1. The van der Waals surface area contributed by atoms with Gasteiger partial charge < -0.3 is 15.3 Å². The Morgan fingerprint density at radius 3 is 3.06 bits per heavy atom. The Morgan fingerprint density at radius 1 is 1.44 bits per heavy atom. The average molecular weight is 254 g/mol. The van der Waals surface area contributed by atoms with Crippen LogP contribution >= 0.6 is 0 Å². The van der Waals surface area contributed by atoms with Gasteiger partial charge >= 0.3 is 0 Å². The molecule has 0 aromatic rings. The third-order valence-corrected chi connectivity index (χ3v) is 4.54. The van der Waals surface area contributed by atoms with Gasteiger partial charge in [0.15, 0.2) is 0 Å². The fourth-order valence-electron chi connectivity index (χ4n) is 3.41. The first-order valence-electron chi connectivity index (χ1n) is 7.29. The molecule has 2 unspecified atom stereocenters. The van der Waals surface area contributed by atoms with Crippen molar-refractivity contribution in [2.45, 2.75) is 51.0 Å². The molecule has 1 saturated carbocycles. The lowest BCUT2D eigenvalue weighted by atomic mass is 9.71. The van der Waals surface area contributed by atoms with Gasteiger partial charge in [0, 0.05) is 32.5 Å². The van der Waals surface area contributed by atoms with E-state index in [1.54, 1.807) is 6.92 Å². The Balaban J connectivity index is 1.71. The van der Waals surface area contributed by atoms with Gasteiger partial charge in [-0.05, 0) is 32.2 Å². The SMILES string of the molecule is CC(=O)NCCCN1CCC2(O)CCCCC2C1. The second-order valence-corrected chi connectivity index (χ2v) is 5.93. The first kappa shape index (κ1) is 13.8. The predicted octanol–water partition coefficient (Wildman–Crippen LogP) is 1.14. The van der Waals surface area contributed by atoms with Crippen LogP contribution in [-0.4, -0.2) is 47.7 Å². The fraction of sp³-hybridized carbons (Fsp3) is 0.929. The zero-order chi connectivity index (χ0) is 13.0. The number of hydrogen-bond acceptors (Lipinski definition) is 3. The first-order chi connectivity index (χ1) is 8.60. The predicted molar refractivity (Wildman–Crippen MR) is 71.3 cm³/mol. The van der Waals surface area contributed by atoms with E-state index in [0.29, 0.717) is 5.92 Å². The molecular weight excluding hydrogens is 228 g/mol. The lowest BCUT2D eigenvalue weighted by Crippen LogP contribution is -2.53. The summed E-state index contributed by atoms with van der Waals surface area (Å²) in [7, 11) is 0. The van der Waals surface area contributed by atoms with E-state index in [1.807, 2.05) is 0 Å². The topological polar surface area (TPSA) is 52.6 Å². The van der Waals surface area contributed by atoms with Gasteiger partial charge in [-0.2, -0.15) is 0 Å². The van der Waals surface area contributed by atoms with E-state index in [9.17, 15) is 9.90 Å². The molecule has 2 N–H and O–H groups in total. The Hall–Kier alpha value is -0.610. The third-order valence-electron chi connectivity index (χ3n) is 4.54. The summed E-state index contributed by atoms with van der Waals surface area (Å²) in [5.41, 5.74) is -0.369. The normalized spacial score (nSPS) is 32.9. The molecule has 18 heavy (non-hydrogen) atoms. The number of likely N-dealkylation sites (tertiary alicyclic amines) is 1. The number of amides is 1. The molecule has 1 amide bonds. The third kappa shape index (κ3) is 3.45. The Kier molecular flexibility index (Phi) is 4.62. The van der Waals surface area contributed by atoms with Gasteiger partial charge in [0.05, 0.1) is 5.60 Å². The summed E-state index contributed by atoms with van der Waals surface area (Å²) in [5.74, 6) is 0.524. The lowest BCUT2D eigenvalue weighted by Gasteiger charge is -2.47. The van der Waals surface area contributed by atoms with Crippen LogP contribution < -0.4 is 5.32 Å². The van der Waals surface area contributed by atoms with Crippen molar-refractivity contribution in [3.63, 3.8) is 0 Å². The smallest absolute Gasteiger partial charge is 0.216 e. The van der Waals surface area contributed by atoms with Gasteiger partial charge in [0.2, 0.25) is 5.91 Å². The monoisotopic (exact) mass is 254 g/mol. The number of nitrogens with zero attached hydrogens (tertiary/aromatic N) is 1. The Labute approximate surface area is 110 Å². The number of hydrogen-bond donors (Lipinski definition) is 2. The summed E-state index contributed by atoms with van der Waals surface area (Å²) >= 11 is 0. The van der Waals surface area contributed by atoms with Crippen LogP contribution in [0.2, 0.25) is 0 Å². The number of aliphatic hydroxyl groups is 1. The summed E-state index contributed by atoms with van der Waals surface area (Å²) in [5, 5.41) is 13.4. The van der Waals surface area contributed by atoms with Crippen LogP contribution in [0.3, 0.4) is 0 Å². The number of carbonyl (C=O) groups excluding carboxylic acids is 1. The number of rotatable bonds is 4. The lowest BCUT2D eigenvalue weighted by molar-refractivity contribution is -0.119. The van der Waals surface area contributed by atoms with Crippen LogP contribution in [0.25, 0.3) is 0 Å². The van der Waals surface area contributed by atoms with Crippen LogP contribution in [0, 0.1) is 5.92 Å². The standard InChI is InChI=1S/C14H26N2O2/c1-12(17)15-8-4-9-16-10-7-14(18)6-3-2-5-13(14)11-16/h13,18H,2-11H2,1H3,(H,15,17). The molecule has 4 heteroatoms. The van der Waals surface area contributed by atoms with E-state index in [4.69, 9.17) is 0 Å². The van der Waals surface area contributed by atoms with Crippen molar-refractivity contribution in [3.8, 4) is 0 Å². The molecule has 2 rings (SSSR count). The molecule has 1 aliphatic heterocycles. The van der Waals surface area contributed by atoms with Crippen molar-refractivity contribution >= 4 is 5.91 Å². The molecule has 2 fully saturated rings. The molecule has 2 atom stereocenters. The van der Waals surface area contributed by atoms with Gasteiger partial charge in [-0.1, -0.05) is 12.8 Å². The summed E-state index contributed by atoms with van der Waals surface area (Å²) in [4.78, 5) is 13.2. The minimum atomic E-state index is -0.369. The summed E-state index contributed by atoms with van der Waals surface area (Å²) < 4.78 is 0. The van der Waals surface area contributed by atoms with E-state index >= 15 is 0 Å². The molecule has 4 nitrogen and oxygen atoms in total. The molecular formula is C14H26N2O2. The highest BCUT2D eigenvalue weighted by molar-refractivity contribution is 5.72. The van der Waals surface area contributed by atoms with Gasteiger partial charge in [0.1, 0.15) is 0 Å². The highest BCUT2D eigenvalue weighted by Gasteiger charge is 2.42. The maximum atomic E-state index is 10.8. The summed E-state index contributed by atoms with van der Waals surface area (Å²) in [6.07, 6.45) is 6.57. The Bertz CT molecular complexity index is 296. The van der Waals surface area contributed by atoms with Crippen molar-refractivity contribution < 1.29 is 9.90 Å². The molecule has 104 valence electrons. The van der Waals surface area contributed by atoms with E-state index in [2.05, 4.69) is 10.2 Å². The second-order valence-electron chi connectivity index (χ2n) is 5.93. The van der Waals surface area contributed by atoms with Crippen molar-refractivity contribution in [3.05, 3.63) is 0 Å². The quantitative estimate of drug-likeness (QED) is 0.740. The van der Waals surface area contributed by atoms with Crippen molar-refractivity contribution in [1.82, 2.24) is 10.2 Å². The molecule has 1 saturated heterocycles. The van der Waals surface area contributed by atoms with Gasteiger partial charge in [-0.3, -0.25) is 4.79 Å². The number of fused-ring (bicyclic) bond motifs is 1. The van der Waals surface area contributed by atoms with Crippen LogP contribution in [0.4, 0.5) is 0 Å². The van der Waals surface area contributed by atoms with Gasteiger partial charge in [-0.15, -0.1) is 0 Å². The van der Waals surface area contributed by atoms with Crippen molar-refractivity contribution in [2.75, 3.05) is 26.2 Å². The number of nitrogens with one attached hydrogen (secondary N) is 1. The maximum absolute atomic E-state index is 10.8.